The number of rotatable bonds is 5. The van der Waals surface area contributed by atoms with Gasteiger partial charge in [-0.15, -0.1) is 0 Å². The lowest BCUT2D eigenvalue weighted by atomic mass is 9.77. The zero-order chi connectivity index (χ0) is 13.9. The fourth-order valence-electron chi connectivity index (χ4n) is 3.71. The number of hydrogen-bond donors (Lipinski definition) is 1. The molecule has 1 aliphatic rings. The minimum absolute atomic E-state index is 0.439. The highest BCUT2D eigenvalue weighted by Crippen LogP contribution is 2.46. The fourth-order valence-corrected chi connectivity index (χ4v) is 3.71. The van der Waals surface area contributed by atoms with Crippen LogP contribution in [-0.4, -0.2) is 7.05 Å². The molecule has 0 amide bonds. The van der Waals surface area contributed by atoms with E-state index in [1.54, 1.807) is 0 Å². The van der Waals surface area contributed by atoms with Crippen molar-refractivity contribution in [3.63, 3.8) is 0 Å². The predicted octanol–water partition coefficient (Wildman–Crippen LogP) is 4.73. The van der Waals surface area contributed by atoms with Gasteiger partial charge >= 0.3 is 0 Å². The molecule has 0 bridgehead atoms. The third-order valence-corrected chi connectivity index (χ3v) is 4.69. The Hall–Kier alpha value is -0.820. The van der Waals surface area contributed by atoms with E-state index in [0.29, 0.717) is 11.5 Å². The van der Waals surface area contributed by atoms with Crippen LogP contribution in [0.25, 0.3) is 0 Å². The van der Waals surface area contributed by atoms with E-state index in [-0.39, 0.29) is 0 Å². The monoisotopic (exact) mass is 259 g/mol. The molecule has 0 heterocycles. The van der Waals surface area contributed by atoms with Crippen molar-refractivity contribution in [1.82, 2.24) is 5.32 Å². The highest BCUT2D eigenvalue weighted by Gasteiger charge is 2.36. The Morgan fingerprint density at radius 1 is 1.11 bits per heavy atom. The van der Waals surface area contributed by atoms with Crippen LogP contribution in [0.4, 0.5) is 0 Å². The van der Waals surface area contributed by atoms with Gasteiger partial charge in [0.25, 0.3) is 0 Å². The molecule has 1 aromatic carbocycles. The van der Waals surface area contributed by atoms with Gasteiger partial charge in [-0.25, -0.2) is 0 Å². The molecule has 0 aromatic heterocycles. The van der Waals surface area contributed by atoms with Crippen LogP contribution >= 0.6 is 0 Å². The molecular weight excluding hydrogens is 230 g/mol. The summed E-state index contributed by atoms with van der Waals surface area (Å²) >= 11 is 0. The van der Waals surface area contributed by atoms with Crippen molar-refractivity contribution in [2.75, 3.05) is 7.05 Å². The summed E-state index contributed by atoms with van der Waals surface area (Å²) in [4.78, 5) is 0. The van der Waals surface area contributed by atoms with Crippen LogP contribution in [0.5, 0.6) is 0 Å². The number of hydrogen-bond acceptors (Lipinski definition) is 1. The quantitative estimate of drug-likeness (QED) is 0.806. The molecule has 0 radical (unpaired) electrons. The van der Waals surface area contributed by atoms with Gasteiger partial charge in [-0.2, -0.15) is 0 Å². The molecule has 1 aromatic rings. The summed E-state index contributed by atoms with van der Waals surface area (Å²) in [5.41, 5.74) is 3.36. The van der Waals surface area contributed by atoms with Crippen molar-refractivity contribution >= 4 is 0 Å². The lowest BCUT2D eigenvalue weighted by molar-refractivity contribution is 0.234. The molecule has 1 N–H and O–H groups in total. The summed E-state index contributed by atoms with van der Waals surface area (Å²) in [5, 5.41) is 3.56. The molecule has 1 fully saturated rings. The van der Waals surface area contributed by atoms with E-state index in [1.807, 2.05) is 0 Å². The van der Waals surface area contributed by atoms with Gasteiger partial charge in [-0.3, -0.25) is 0 Å². The van der Waals surface area contributed by atoms with Crippen LogP contribution in [0.3, 0.4) is 0 Å². The second-order valence-electron chi connectivity index (χ2n) is 6.92. The van der Waals surface area contributed by atoms with Gasteiger partial charge in [0.1, 0.15) is 0 Å². The average molecular weight is 259 g/mol. The van der Waals surface area contributed by atoms with E-state index in [0.717, 1.165) is 5.92 Å². The van der Waals surface area contributed by atoms with Crippen LogP contribution in [-0.2, 0) is 6.42 Å². The van der Waals surface area contributed by atoms with E-state index in [1.165, 1.54) is 43.2 Å². The van der Waals surface area contributed by atoms with Crippen molar-refractivity contribution in [2.45, 2.75) is 58.9 Å². The zero-order valence-corrected chi connectivity index (χ0v) is 13.0. The number of benzene rings is 1. The molecule has 19 heavy (non-hydrogen) atoms. The minimum atomic E-state index is 0.439. The highest BCUT2D eigenvalue weighted by molar-refractivity contribution is 5.27. The maximum atomic E-state index is 3.56. The molecule has 0 spiro atoms. The summed E-state index contributed by atoms with van der Waals surface area (Å²) in [6, 6.07) is 9.81. The van der Waals surface area contributed by atoms with E-state index >= 15 is 0 Å². The Bertz CT molecular complexity index is 385. The average Bonchev–Trinajstić information content (AvgIpc) is 2.79. The molecule has 1 aliphatic carbocycles. The summed E-state index contributed by atoms with van der Waals surface area (Å²) in [6.45, 7) is 7.01. The SMILES string of the molecule is CNC(c1ccc(CC(C)C)cc1)C1(C)CCCC1. The first kappa shape index (κ1) is 14.6. The predicted molar refractivity (Wildman–Crippen MR) is 83.4 cm³/mol. The summed E-state index contributed by atoms with van der Waals surface area (Å²) < 4.78 is 0. The summed E-state index contributed by atoms with van der Waals surface area (Å²) in [7, 11) is 2.11. The van der Waals surface area contributed by atoms with Gasteiger partial charge in [-0.05, 0) is 48.8 Å². The van der Waals surface area contributed by atoms with Gasteiger partial charge in [-0.1, -0.05) is 57.9 Å². The molecule has 2 rings (SSSR count). The summed E-state index contributed by atoms with van der Waals surface area (Å²) in [6.07, 6.45) is 6.67. The molecule has 1 unspecified atom stereocenters. The molecule has 0 aliphatic heterocycles. The lowest BCUT2D eigenvalue weighted by Crippen LogP contribution is -2.32. The largest absolute Gasteiger partial charge is 0.313 e. The highest BCUT2D eigenvalue weighted by atomic mass is 14.9. The van der Waals surface area contributed by atoms with Crippen molar-refractivity contribution in [3.05, 3.63) is 35.4 Å². The van der Waals surface area contributed by atoms with Gasteiger partial charge in [0.05, 0.1) is 0 Å². The standard InChI is InChI=1S/C18H29N/c1-14(2)13-15-7-9-16(10-8-15)17(19-4)18(3)11-5-6-12-18/h7-10,14,17,19H,5-6,11-13H2,1-4H3. The van der Waals surface area contributed by atoms with Crippen molar-refractivity contribution in [2.24, 2.45) is 11.3 Å². The molecular formula is C18H29N. The Balaban J connectivity index is 2.15. The third-order valence-electron chi connectivity index (χ3n) is 4.69. The smallest absolute Gasteiger partial charge is 0.0372 e. The maximum absolute atomic E-state index is 3.56. The van der Waals surface area contributed by atoms with Crippen LogP contribution in [0, 0.1) is 11.3 Å². The van der Waals surface area contributed by atoms with Crippen molar-refractivity contribution < 1.29 is 0 Å². The van der Waals surface area contributed by atoms with E-state index < -0.39 is 0 Å². The first-order chi connectivity index (χ1) is 9.05. The maximum Gasteiger partial charge on any atom is 0.0372 e. The Kier molecular flexibility index (Phi) is 4.67. The molecule has 1 nitrogen and oxygen atoms in total. The van der Waals surface area contributed by atoms with Crippen molar-refractivity contribution in [3.8, 4) is 0 Å². The molecule has 1 heteroatoms. The minimum Gasteiger partial charge on any atom is -0.313 e. The molecule has 106 valence electrons. The molecule has 0 saturated heterocycles. The summed E-state index contributed by atoms with van der Waals surface area (Å²) in [5.74, 6) is 0.735. The Labute approximate surface area is 118 Å². The molecule has 1 atom stereocenters. The van der Waals surface area contributed by atoms with E-state index in [2.05, 4.69) is 57.4 Å². The van der Waals surface area contributed by atoms with E-state index in [4.69, 9.17) is 0 Å². The Morgan fingerprint density at radius 3 is 2.16 bits per heavy atom. The fraction of sp³-hybridized carbons (Fsp3) is 0.667. The normalized spacial score (nSPS) is 19.8. The second-order valence-corrected chi connectivity index (χ2v) is 6.92. The Morgan fingerprint density at radius 2 is 1.68 bits per heavy atom. The van der Waals surface area contributed by atoms with Gasteiger partial charge in [0, 0.05) is 6.04 Å². The lowest BCUT2D eigenvalue weighted by Gasteiger charge is -2.34. The van der Waals surface area contributed by atoms with Crippen LogP contribution in [0.2, 0.25) is 0 Å². The van der Waals surface area contributed by atoms with Crippen LogP contribution < -0.4 is 5.32 Å². The zero-order valence-electron chi connectivity index (χ0n) is 13.0. The van der Waals surface area contributed by atoms with Gasteiger partial charge < -0.3 is 5.32 Å². The first-order valence-corrected chi connectivity index (χ1v) is 7.81. The third kappa shape index (κ3) is 3.39. The number of nitrogens with one attached hydrogen (secondary N) is 1. The van der Waals surface area contributed by atoms with Crippen LogP contribution in [0.15, 0.2) is 24.3 Å². The first-order valence-electron chi connectivity index (χ1n) is 7.81. The van der Waals surface area contributed by atoms with E-state index in [9.17, 15) is 0 Å². The van der Waals surface area contributed by atoms with Crippen LogP contribution in [0.1, 0.15) is 63.6 Å². The van der Waals surface area contributed by atoms with Crippen molar-refractivity contribution in [1.29, 1.82) is 0 Å². The molecule has 1 saturated carbocycles. The van der Waals surface area contributed by atoms with Gasteiger partial charge in [0.2, 0.25) is 0 Å². The second kappa shape index (κ2) is 6.09. The topological polar surface area (TPSA) is 12.0 Å². The van der Waals surface area contributed by atoms with Gasteiger partial charge in [0.15, 0.2) is 0 Å².